The van der Waals surface area contributed by atoms with Gasteiger partial charge in [-0.1, -0.05) is 6.07 Å². The summed E-state index contributed by atoms with van der Waals surface area (Å²) in [5.74, 6) is 0. The van der Waals surface area contributed by atoms with Crippen LogP contribution in [0.4, 0.5) is 5.69 Å². The third-order valence-electron chi connectivity index (χ3n) is 3.14. The lowest BCUT2D eigenvalue weighted by Crippen LogP contribution is -1.99. The predicted molar refractivity (Wildman–Crippen MR) is 78.5 cm³/mol. The third-order valence-corrected chi connectivity index (χ3v) is 3.14. The molecule has 0 bridgehead atoms. The normalized spacial score (nSPS) is 10.6. The second-order valence-corrected chi connectivity index (χ2v) is 4.68. The molecule has 0 fully saturated rings. The number of anilines is 1. The van der Waals surface area contributed by atoms with Gasteiger partial charge in [-0.05, 0) is 42.0 Å². The molecule has 0 amide bonds. The Kier molecular flexibility index (Phi) is 3.11. The van der Waals surface area contributed by atoms with Crippen molar-refractivity contribution >= 4 is 5.69 Å². The summed E-state index contributed by atoms with van der Waals surface area (Å²) < 4.78 is 4.17. The van der Waals surface area contributed by atoms with E-state index in [-0.39, 0.29) is 0 Å². The average molecular weight is 251 g/mol. The van der Waals surface area contributed by atoms with Crippen molar-refractivity contribution in [2.24, 2.45) is 7.05 Å². The van der Waals surface area contributed by atoms with E-state index in [9.17, 15) is 0 Å². The number of hydrogen-bond acceptors (Lipinski definition) is 1. The van der Waals surface area contributed by atoms with Crippen LogP contribution in [0.3, 0.4) is 0 Å². The minimum Gasteiger partial charge on any atom is -0.381 e. The van der Waals surface area contributed by atoms with Crippen LogP contribution in [0.2, 0.25) is 0 Å². The van der Waals surface area contributed by atoms with Crippen molar-refractivity contribution in [2.45, 2.75) is 6.54 Å². The Balaban J connectivity index is 1.73. The lowest BCUT2D eigenvalue weighted by atomic mass is 10.2. The minimum atomic E-state index is 0.843. The van der Waals surface area contributed by atoms with E-state index in [2.05, 4.69) is 69.6 Å². The van der Waals surface area contributed by atoms with Gasteiger partial charge >= 0.3 is 0 Å². The van der Waals surface area contributed by atoms with E-state index in [0.717, 1.165) is 12.2 Å². The molecule has 3 nitrogen and oxygen atoms in total. The molecule has 0 aliphatic heterocycles. The maximum absolute atomic E-state index is 3.45. The van der Waals surface area contributed by atoms with Crippen molar-refractivity contribution in [1.29, 1.82) is 0 Å². The molecule has 0 aliphatic rings. The van der Waals surface area contributed by atoms with Crippen LogP contribution in [0, 0.1) is 0 Å². The van der Waals surface area contributed by atoms with Crippen LogP contribution in [-0.4, -0.2) is 9.13 Å². The Bertz CT molecular complexity index is 650. The summed E-state index contributed by atoms with van der Waals surface area (Å²) >= 11 is 0. The molecule has 0 saturated carbocycles. The van der Waals surface area contributed by atoms with E-state index in [1.807, 2.05) is 19.2 Å². The standard InChI is InChI=1S/C16H17N3/c1-18-10-7-14(13-18)12-17-15-5-4-6-16(11-15)19-8-2-3-9-19/h2-11,13,17H,12H2,1H3. The van der Waals surface area contributed by atoms with Crippen LogP contribution < -0.4 is 5.32 Å². The maximum atomic E-state index is 3.45. The largest absolute Gasteiger partial charge is 0.381 e. The maximum Gasteiger partial charge on any atom is 0.0469 e. The first-order chi connectivity index (χ1) is 9.31. The highest BCUT2D eigenvalue weighted by molar-refractivity contribution is 5.51. The minimum absolute atomic E-state index is 0.843. The Labute approximate surface area is 113 Å². The van der Waals surface area contributed by atoms with Gasteiger partial charge in [-0.2, -0.15) is 0 Å². The molecule has 3 rings (SSSR count). The highest BCUT2D eigenvalue weighted by Gasteiger charge is 1.98. The van der Waals surface area contributed by atoms with E-state index in [1.165, 1.54) is 11.3 Å². The molecule has 0 atom stereocenters. The number of aromatic nitrogens is 2. The SMILES string of the molecule is Cn1ccc(CNc2cccc(-n3cccc3)c2)c1. The molecule has 0 unspecified atom stereocenters. The summed E-state index contributed by atoms with van der Waals surface area (Å²) in [6.45, 7) is 0.843. The van der Waals surface area contributed by atoms with Gasteiger partial charge in [-0.25, -0.2) is 0 Å². The van der Waals surface area contributed by atoms with E-state index in [4.69, 9.17) is 0 Å². The topological polar surface area (TPSA) is 21.9 Å². The van der Waals surface area contributed by atoms with E-state index in [0.29, 0.717) is 0 Å². The van der Waals surface area contributed by atoms with Gasteiger partial charge in [0.25, 0.3) is 0 Å². The van der Waals surface area contributed by atoms with Crippen molar-refractivity contribution in [3.8, 4) is 5.69 Å². The number of benzene rings is 1. The summed E-state index contributed by atoms with van der Waals surface area (Å²) in [5, 5.41) is 3.45. The summed E-state index contributed by atoms with van der Waals surface area (Å²) in [4.78, 5) is 0. The summed E-state index contributed by atoms with van der Waals surface area (Å²) in [6, 6.07) is 14.6. The molecular formula is C16H17N3. The predicted octanol–water partition coefficient (Wildman–Crippen LogP) is 3.43. The molecule has 2 heterocycles. The second kappa shape index (κ2) is 5.06. The molecule has 1 aromatic carbocycles. The van der Waals surface area contributed by atoms with Gasteiger partial charge < -0.3 is 14.5 Å². The lowest BCUT2D eigenvalue weighted by Gasteiger charge is -2.08. The van der Waals surface area contributed by atoms with Gasteiger partial charge in [0.2, 0.25) is 0 Å². The quantitative estimate of drug-likeness (QED) is 0.754. The zero-order valence-electron chi connectivity index (χ0n) is 11.0. The molecule has 0 radical (unpaired) electrons. The zero-order chi connectivity index (χ0) is 13.1. The Hall–Kier alpha value is -2.42. The van der Waals surface area contributed by atoms with Gasteiger partial charge in [0.1, 0.15) is 0 Å². The van der Waals surface area contributed by atoms with Crippen molar-refractivity contribution in [3.05, 3.63) is 72.8 Å². The number of nitrogens with one attached hydrogen (secondary N) is 1. The van der Waals surface area contributed by atoms with Crippen LogP contribution in [0.15, 0.2) is 67.3 Å². The molecule has 96 valence electrons. The van der Waals surface area contributed by atoms with Crippen LogP contribution >= 0.6 is 0 Å². The molecular weight excluding hydrogens is 234 g/mol. The number of nitrogens with zero attached hydrogens (tertiary/aromatic N) is 2. The number of rotatable bonds is 4. The molecule has 3 heteroatoms. The smallest absolute Gasteiger partial charge is 0.0469 e. The average Bonchev–Trinajstić information content (AvgIpc) is 3.08. The molecule has 0 aliphatic carbocycles. The Morgan fingerprint density at radius 1 is 1.00 bits per heavy atom. The fourth-order valence-electron chi connectivity index (χ4n) is 2.15. The first kappa shape index (κ1) is 11.7. The fourth-order valence-corrected chi connectivity index (χ4v) is 2.15. The van der Waals surface area contributed by atoms with Crippen molar-refractivity contribution < 1.29 is 0 Å². The second-order valence-electron chi connectivity index (χ2n) is 4.68. The fraction of sp³-hybridized carbons (Fsp3) is 0.125. The Morgan fingerprint density at radius 3 is 2.58 bits per heavy atom. The summed E-state index contributed by atoms with van der Waals surface area (Å²) in [7, 11) is 2.04. The zero-order valence-corrected chi connectivity index (χ0v) is 11.0. The molecule has 0 spiro atoms. The monoisotopic (exact) mass is 251 g/mol. The highest BCUT2D eigenvalue weighted by Crippen LogP contribution is 2.15. The number of aryl methyl sites for hydroxylation is 1. The van der Waals surface area contributed by atoms with Crippen LogP contribution in [0.5, 0.6) is 0 Å². The number of hydrogen-bond donors (Lipinski definition) is 1. The molecule has 0 saturated heterocycles. The molecule has 19 heavy (non-hydrogen) atoms. The van der Waals surface area contributed by atoms with Crippen molar-refractivity contribution in [2.75, 3.05) is 5.32 Å². The lowest BCUT2D eigenvalue weighted by molar-refractivity contribution is 0.920. The third kappa shape index (κ3) is 2.71. The van der Waals surface area contributed by atoms with Crippen LogP contribution in [0.1, 0.15) is 5.56 Å². The molecule has 1 N–H and O–H groups in total. The van der Waals surface area contributed by atoms with Gasteiger partial charge in [-0.15, -0.1) is 0 Å². The van der Waals surface area contributed by atoms with E-state index in [1.54, 1.807) is 0 Å². The first-order valence-corrected chi connectivity index (χ1v) is 6.39. The summed E-state index contributed by atoms with van der Waals surface area (Å²) in [6.07, 6.45) is 8.29. The molecule has 2 aromatic heterocycles. The van der Waals surface area contributed by atoms with Gasteiger partial charge in [0.15, 0.2) is 0 Å². The highest BCUT2D eigenvalue weighted by atomic mass is 15.0. The van der Waals surface area contributed by atoms with Crippen LogP contribution in [0.25, 0.3) is 5.69 Å². The molecule has 3 aromatic rings. The van der Waals surface area contributed by atoms with E-state index < -0.39 is 0 Å². The van der Waals surface area contributed by atoms with E-state index >= 15 is 0 Å². The van der Waals surface area contributed by atoms with Crippen LogP contribution in [-0.2, 0) is 13.6 Å². The summed E-state index contributed by atoms with van der Waals surface area (Å²) in [5.41, 5.74) is 3.59. The van der Waals surface area contributed by atoms with Gasteiger partial charge in [0, 0.05) is 49.8 Å². The van der Waals surface area contributed by atoms with Gasteiger partial charge in [-0.3, -0.25) is 0 Å². The first-order valence-electron chi connectivity index (χ1n) is 6.39. The van der Waals surface area contributed by atoms with Gasteiger partial charge in [0.05, 0.1) is 0 Å². The Morgan fingerprint density at radius 2 is 1.84 bits per heavy atom. The van der Waals surface area contributed by atoms with Crippen molar-refractivity contribution in [3.63, 3.8) is 0 Å². The van der Waals surface area contributed by atoms with Crippen molar-refractivity contribution in [1.82, 2.24) is 9.13 Å².